The lowest BCUT2D eigenvalue weighted by Crippen LogP contribution is -2.38. The molecule has 1 atom stereocenters. The van der Waals surface area contributed by atoms with Crippen LogP contribution < -0.4 is 10.6 Å². The molecule has 2 N–H and O–H groups in total. The standard InChI is InChI=1S/C18H15FN2O4/c1-10(22)20-12-6-7-14(19)15(9-12)21-17(23)16-8-11-4-2-3-5-13(11)18(24)25-16/h2-7,9,16H,8H2,1H3,(H,20,22)(H,21,23). The number of hydrogen-bond acceptors (Lipinski definition) is 4. The molecule has 3 rings (SSSR count). The second kappa shape index (κ2) is 6.72. The van der Waals surface area contributed by atoms with Crippen LogP contribution >= 0.6 is 0 Å². The van der Waals surface area contributed by atoms with Crippen LogP contribution in [0.15, 0.2) is 42.5 Å². The second-order valence-electron chi connectivity index (χ2n) is 5.62. The number of esters is 1. The normalized spacial score (nSPS) is 15.8. The number of amides is 2. The molecule has 25 heavy (non-hydrogen) atoms. The second-order valence-corrected chi connectivity index (χ2v) is 5.62. The van der Waals surface area contributed by atoms with Gasteiger partial charge in [0.1, 0.15) is 5.82 Å². The molecule has 1 unspecified atom stereocenters. The number of benzene rings is 2. The zero-order valence-corrected chi connectivity index (χ0v) is 13.3. The predicted octanol–water partition coefficient (Wildman–Crippen LogP) is 2.50. The van der Waals surface area contributed by atoms with Crippen molar-refractivity contribution in [2.45, 2.75) is 19.4 Å². The number of carbonyl (C=O) groups is 3. The van der Waals surface area contributed by atoms with Crippen molar-refractivity contribution in [3.8, 4) is 0 Å². The maximum Gasteiger partial charge on any atom is 0.339 e. The summed E-state index contributed by atoms with van der Waals surface area (Å²) in [6, 6.07) is 10.7. The van der Waals surface area contributed by atoms with E-state index in [0.29, 0.717) is 16.8 Å². The van der Waals surface area contributed by atoms with Gasteiger partial charge in [-0.2, -0.15) is 0 Å². The van der Waals surface area contributed by atoms with Crippen LogP contribution in [0.2, 0.25) is 0 Å². The minimum atomic E-state index is -1.05. The molecule has 0 saturated carbocycles. The Morgan fingerprint density at radius 2 is 1.92 bits per heavy atom. The summed E-state index contributed by atoms with van der Waals surface area (Å²) in [5.74, 6) is -2.21. The number of fused-ring (bicyclic) bond motifs is 1. The van der Waals surface area contributed by atoms with E-state index in [1.54, 1.807) is 24.3 Å². The molecule has 2 amide bonds. The molecule has 0 radical (unpaired) electrons. The molecule has 0 bridgehead atoms. The molecule has 0 spiro atoms. The molecule has 1 aliphatic rings. The van der Waals surface area contributed by atoms with Crippen LogP contribution in [0.4, 0.5) is 15.8 Å². The van der Waals surface area contributed by atoms with Gasteiger partial charge in [-0.3, -0.25) is 9.59 Å². The topological polar surface area (TPSA) is 84.5 Å². The van der Waals surface area contributed by atoms with Crippen LogP contribution in [0.5, 0.6) is 0 Å². The Kier molecular flexibility index (Phi) is 4.47. The van der Waals surface area contributed by atoms with Gasteiger partial charge in [0, 0.05) is 19.0 Å². The van der Waals surface area contributed by atoms with Gasteiger partial charge in [0.2, 0.25) is 5.91 Å². The third-order valence-corrected chi connectivity index (χ3v) is 3.73. The van der Waals surface area contributed by atoms with Crippen molar-refractivity contribution in [3.05, 3.63) is 59.4 Å². The molecule has 6 nitrogen and oxygen atoms in total. The number of carbonyl (C=O) groups excluding carboxylic acids is 3. The number of anilines is 2. The molecule has 7 heteroatoms. The van der Waals surface area contributed by atoms with Crippen molar-refractivity contribution in [2.24, 2.45) is 0 Å². The smallest absolute Gasteiger partial charge is 0.339 e. The number of hydrogen-bond donors (Lipinski definition) is 2. The highest BCUT2D eigenvalue weighted by Gasteiger charge is 2.31. The van der Waals surface area contributed by atoms with Crippen molar-refractivity contribution < 1.29 is 23.5 Å². The first-order chi connectivity index (χ1) is 11.9. The van der Waals surface area contributed by atoms with Crippen LogP contribution in [-0.2, 0) is 20.7 Å². The van der Waals surface area contributed by atoms with Crippen LogP contribution in [0, 0.1) is 5.82 Å². The minimum Gasteiger partial charge on any atom is -0.448 e. The summed E-state index contributed by atoms with van der Waals surface area (Å²) in [4.78, 5) is 35.4. The molecule has 1 aliphatic heterocycles. The maximum absolute atomic E-state index is 13.9. The third kappa shape index (κ3) is 3.65. The predicted molar refractivity (Wildman–Crippen MR) is 88.7 cm³/mol. The maximum atomic E-state index is 13.9. The molecule has 0 aliphatic carbocycles. The van der Waals surface area contributed by atoms with E-state index in [0.717, 1.165) is 6.07 Å². The van der Waals surface area contributed by atoms with Crippen molar-refractivity contribution in [2.75, 3.05) is 10.6 Å². The van der Waals surface area contributed by atoms with E-state index >= 15 is 0 Å². The lowest BCUT2D eigenvalue weighted by molar-refractivity contribution is -0.125. The van der Waals surface area contributed by atoms with Gasteiger partial charge in [-0.25, -0.2) is 9.18 Å². The highest BCUT2D eigenvalue weighted by atomic mass is 19.1. The summed E-state index contributed by atoms with van der Waals surface area (Å²) in [5.41, 5.74) is 1.36. The van der Waals surface area contributed by atoms with Gasteiger partial charge in [-0.1, -0.05) is 18.2 Å². The molecule has 0 saturated heterocycles. The quantitative estimate of drug-likeness (QED) is 0.840. The Bertz CT molecular complexity index is 866. The molecular weight excluding hydrogens is 327 g/mol. The van der Waals surface area contributed by atoms with Crippen molar-refractivity contribution >= 4 is 29.2 Å². The molecule has 0 fully saturated rings. The van der Waals surface area contributed by atoms with E-state index in [4.69, 9.17) is 4.74 Å². The third-order valence-electron chi connectivity index (χ3n) is 3.73. The molecule has 128 valence electrons. The van der Waals surface area contributed by atoms with Gasteiger partial charge in [-0.15, -0.1) is 0 Å². The Morgan fingerprint density at radius 1 is 1.16 bits per heavy atom. The largest absolute Gasteiger partial charge is 0.448 e. The van der Waals surface area contributed by atoms with Crippen LogP contribution in [0.25, 0.3) is 0 Å². The first-order valence-corrected chi connectivity index (χ1v) is 7.61. The van der Waals surface area contributed by atoms with Crippen molar-refractivity contribution in [1.82, 2.24) is 0 Å². The fourth-order valence-electron chi connectivity index (χ4n) is 2.59. The lowest BCUT2D eigenvalue weighted by Gasteiger charge is -2.24. The summed E-state index contributed by atoms with van der Waals surface area (Å²) in [5, 5.41) is 4.91. The number of cyclic esters (lactones) is 1. The van der Waals surface area contributed by atoms with Crippen LogP contribution in [-0.4, -0.2) is 23.9 Å². The average Bonchev–Trinajstić information content (AvgIpc) is 2.57. The number of ether oxygens (including phenoxy) is 1. The zero-order valence-electron chi connectivity index (χ0n) is 13.3. The first kappa shape index (κ1) is 16.6. The minimum absolute atomic E-state index is 0.105. The Labute approximate surface area is 143 Å². The van der Waals surface area contributed by atoms with E-state index in [-0.39, 0.29) is 18.0 Å². The fraction of sp³-hybridized carbons (Fsp3) is 0.167. The van der Waals surface area contributed by atoms with Gasteiger partial charge >= 0.3 is 5.97 Å². The number of rotatable bonds is 3. The molecule has 2 aromatic rings. The van der Waals surface area contributed by atoms with Gasteiger partial charge in [-0.05, 0) is 29.8 Å². The van der Waals surface area contributed by atoms with Gasteiger partial charge < -0.3 is 15.4 Å². The average molecular weight is 342 g/mol. The molecule has 0 aromatic heterocycles. The first-order valence-electron chi connectivity index (χ1n) is 7.61. The Hall–Kier alpha value is -3.22. The molecular formula is C18H15FN2O4. The van der Waals surface area contributed by atoms with Crippen molar-refractivity contribution in [1.29, 1.82) is 0 Å². The fourth-order valence-corrected chi connectivity index (χ4v) is 2.59. The summed E-state index contributed by atoms with van der Waals surface area (Å²) < 4.78 is 19.1. The van der Waals surface area contributed by atoms with Gasteiger partial charge in [0.15, 0.2) is 6.10 Å². The number of nitrogens with one attached hydrogen (secondary N) is 2. The Balaban J connectivity index is 1.77. The van der Waals surface area contributed by atoms with E-state index in [9.17, 15) is 18.8 Å². The highest BCUT2D eigenvalue weighted by Crippen LogP contribution is 2.23. The highest BCUT2D eigenvalue weighted by molar-refractivity contribution is 6.00. The Morgan fingerprint density at radius 3 is 2.68 bits per heavy atom. The van der Waals surface area contributed by atoms with E-state index in [1.165, 1.54) is 19.1 Å². The summed E-state index contributed by atoms with van der Waals surface area (Å²) >= 11 is 0. The van der Waals surface area contributed by atoms with E-state index in [1.807, 2.05) is 0 Å². The van der Waals surface area contributed by atoms with Gasteiger partial charge in [0.25, 0.3) is 5.91 Å². The summed E-state index contributed by atoms with van der Waals surface area (Å²) in [6.07, 6.45) is -0.841. The van der Waals surface area contributed by atoms with Gasteiger partial charge in [0.05, 0.1) is 11.3 Å². The van der Waals surface area contributed by atoms with Crippen molar-refractivity contribution in [3.63, 3.8) is 0 Å². The summed E-state index contributed by atoms with van der Waals surface area (Å²) in [6.45, 7) is 1.32. The molecule has 2 aromatic carbocycles. The summed E-state index contributed by atoms with van der Waals surface area (Å²) in [7, 11) is 0. The SMILES string of the molecule is CC(=O)Nc1ccc(F)c(NC(=O)C2Cc3ccccc3C(=O)O2)c1. The van der Waals surface area contributed by atoms with E-state index < -0.39 is 23.8 Å². The molecule has 1 heterocycles. The van der Waals surface area contributed by atoms with E-state index in [2.05, 4.69) is 10.6 Å². The zero-order chi connectivity index (χ0) is 18.0. The van der Waals surface area contributed by atoms with Crippen LogP contribution in [0.3, 0.4) is 0 Å². The van der Waals surface area contributed by atoms with Crippen LogP contribution in [0.1, 0.15) is 22.8 Å². The lowest BCUT2D eigenvalue weighted by atomic mass is 9.98. The number of halogens is 1. The monoisotopic (exact) mass is 342 g/mol.